The second kappa shape index (κ2) is 8.72. The third-order valence-corrected chi connectivity index (χ3v) is 12.7. The lowest BCUT2D eigenvalue weighted by molar-refractivity contribution is 1.89. The van der Waals surface area contributed by atoms with Crippen molar-refractivity contribution >= 4 is 92.3 Å². The first-order valence-electron chi connectivity index (χ1n) is 10.7. The molecule has 6 heteroatoms. The molecule has 0 nitrogen and oxygen atoms in total. The van der Waals surface area contributed by atoms with Crippen LogP contribution in [0.25, 0.3) is 63.3 Å². The van der Waals surface area contributed by atoms with Crippen molar-refractivity contribution in [3.05, 3.63) is 92.3 Å². The fourth-order valence-electron chi connectivity index (χ4n) is 3.83. The van der Waals surface area contributed by atoms with E-state index in [1.807, 2.05) is 68.0 Å². The summed E-state index contributed by atoms with van der Waals surface area (Å²) < 4.78 is 0. The van der Waals surface area contributed by atoms with E-state index in [0.29, 0.717) is 0 Å². The molecule has 0 radical (unpaired) electrons. The number of thiophene rings is 6. The second-order valence-corrected chi connectivity index (χ2v) is 14.4. The third-order valence-electron chi connectivity index (χ3n) is 5.51. The van der Waals surface area contributed by atoms with Crippen LogP contribution in [0, 0.1) is 0 Å². The minimum atomic E-state index is 1.29. The van der Waals surface area contributed by atoms with Crippen LogP contribution < -0.4 is 0 Å². The highest BCUT2D eigenvalue weighted by atomic mass is 32.1. The van der Waals surface area contributed by atoms with Gasteiger partial charge in [0.05, 0.1) is 0 Å². The normalized spacial score (nSPS) is 14.4. The monoisotopic (exact) mass is 544 g/mol. The highest BCUT2D eigenvalue weighted by molar-refractivity contribution is 7.27. The molecule has 0 atom stereocenters. The van der Waals surface area contributed by atoms with E-state index < -0.39 is 0 Å². The standard InChI is InChI=1S/C28H16S6/c1-2-18-6-10-22(30-18)26-15-16-28(34-26)24-12-8-20(32-24)4-3-19-7-11-23(31-19)27-14-13-25(33-27)21-9-5-17(1)29-21/h1-16H/b2-1-,4-3-,17-1?,18-2?,19-3?,20-4?,25-21?,26-22?,27-23?,28-24?. The summed E-state index contributed by atoms with van der Waals surface area (Å²) >= 11 is 11.2. The predicted octanol–water partition coefficient (Wildman–Crippen LogP) is 11.4. The lowest BCUT2D eigenvalue weighted by atomic mass is 10.3. The first-order chi connectivity index (χ1) is 16.8. The average molecular weight is 545 g/mol. The minimum Gasteiger partial charge on any atom is -0.135 e. The van der Waals surface area contributed by atoms with Gasteiger partial charge in [-0.3, -0.25) is 0 Å². The molecule has 6 aromatic heterocycles. The molecule has 0 saturated carbocycles. The lowest BCUT2D eigenvalue weighted by Gasteiger charge is -1.92. The summed E-state index contributed by atoms with van der Waals surface area (Å²) in [5, 5.41) is 0. The van der Waals surface area contributed by atoms with E-state index >= 15 is 0 Å². The van der Waals surface area contributed by atoms with E-state index in [1.54, 1.807) is 0 Å². The van der Waals surface area contributed by atoms with Crippen molar-refractivity contribution in [2.45, 2.75) is 0 Å². The Morgan fingerprint density at radius 1 is 0.235 bits per heavy atom. The maximum Gasteiger partial charge on any atom is 0.0449 e. The average Bonchev–Trinajstić information content (AvgIpc) is 3.68. The van der Waals surface area contributed by atoms with Crippen LogP contribution >= 0.6 is 68.0 Å². The molecule has 7 heterocycles. The minimum absolute atomic E-state index is 1.29. The Bertz CT molecular complexity index is 1430. The molecule has 0 N–H and O–H groups in total. The van der Waals surface area contributed by atoms with Gasteiger partial charge in [-0.2, -0.15) is 0 Å². The Hall–Kier alpha value is -2.32. The zero-order valence-corrected chi connectivity index (χ0v) is 22.6. The molecule has 34 heavy (non-hydrogen) atoms. The van der Waals surface area contributed by atoms with E-state index in [4.69, 9.17) is 0 Å². The van der Waals surface area contributed by atoms with Crippen LogP contribution in [0.1, 0.15) is 19.5 Å². The van der Waals surface area contributed by atoms with Crippen LogP contribution in [-0.2, 0) is 0 Å². The maximum atomic E-state index is 2.26. The summed E-state index contributed by atoms with van der Waals surface area (Å²) in [4.78, 5) is 15.8. The van der Waals surface area contributed by atoms with Gasteiger partial charge in [0.1, 0.15) is 0 Å². The molecule has 0 fully saturated rings. The van der Waals surface area contributed by atoms with Gasteiger partial charge in [0.15, 0.2) is 0 Å². The Morgan fingerprint density at radius 2 is 0.441 bits per heavy atom. The van der Waals surface area contributed by atoms with Crippen LogP contribution in [0.4, 0.5) is 0 Å². The quantitative estimate of drug-likeness (QED) is 0.178. The van der Waals surface area contributed by atoms with Crippen LogP contribution in [0.3, 0.4) is 0 Å². The molecule has 1 aliphatic heterocycles. The van der Waals surface area contributed by atoms with Gasteiger partial charge in [-0.1, -0.05) is 0 Å². The summed E-state index contributed by atoms with van der Waals surface area (Å²) in [6.07, 6.45) is 8.98. The summed E-state index contributed by atoms with van der Waals surface area (Å²) in [6, 6.07) is 27.0. The smallest absolute Gasteiger partial charge is 0.0449 e. The Balaban J connectivity index is 1.32. The van der Waals surface area contributed by atoms with Crippen LogP contribution in [0.5, 0.6) is 0 Å². The number of fused-ring (bicyclic) bond motifs is 16. The van der Waals surface area contributed by atoms with Gasteiger partial charge in [0.25, 0.3) is 0 Å². The SMILES string of the molecule is C1=C\c2ccc(s2)-c2ccc(s2)-c2ccc(s2)/C=C\c2ccc(s2)-c2ccc(s2)-c2ccc/1s2. The van der Waals surface area contributed by atoms with Crippen molar-refractivity contribution in [1.82, 2.24) is 0 Å². The summed E-state index contributed by atoms with van der Waals surface area (Å²) in [5.41, 5.74) is 0. The predicted molar refractivity (Wildman–Crippen MR) is 160 cm³/mol. The Labute approximate surface area is 222 Å². The van der Waals surface area contributed by atoms with Crippen molar-refractivity contribution in [2.75, 3.05) is 0 Å². The molecule has 0 spiro atoms. The molecular formula is C28H16S6. The molecule has 0 aromatic carbocycles. The molecule has 1 aliphatic rings. The van der Waals surface area contributed by atoms with E-state index in [2.05, 4.69) is 97.1 Å². The molecule has 0 saturated heterocycles. The van der Waals surface area contributed by atoms with Crippen LogP contribution in [-0.4, -0.2) is 0 Å². The van der Waals surface area contributed by atoms with Crippen LogP contribution in [0.15, 0.2) is 72.8 Å². The molecule has 164 valence electrons. The Kier molecular flexibility index (Phi) is 5.38. The third kappa shape index (κ3) is 4.05. The number of hydrogen-bond acceptors (Lipinski definition) is 6. The molecule has 6 aromatic rings. The molecule has 0 unspecified atom stereocenters. The lowest BCUT2D eigenvalue weighted by Crippen LogP contribution is -1.59. The zero-order chi connectivity index (χ0) is 22.5. The van der Waals surface area contributed by atoms with E-state index in [0.717, 1.165) is 0 Å². The van der Waals surface area contributed by atoms with Crippen molar-refractivity contribution in [2.24, 2.45) is 0 Å². The van der Waals surface area contributed by atoms with E-state index in [-0.39, 0.29) is 0 Å². The fourth-order valence-corrected chi connectivity index (χ4v) is 9.85. The van der Waals surface area contributed by atoms with Crippen molar-refractivity contribution < 1.29 is 0 Å². The van der Waals surface area contributed by atoms with Crippen molar-refractivity contribution in [1.29, 1.82) is 0 Å². The highest BCUT2D eigenvalue weighted by Gasteiger charge is 2.11. The Morgan fingerprint density at radius 3 is 0.706 bits per heavy atom. The first-order valence-corrected chi connectivity index (χ1v) is 15.6. The molecule has 0 amide bonds. The highest BCUT2D eigenvalue weighted by Crippen LogP contribution is 2.42. The van der Waals surface area contributed by atoms with Gasteiger partial charge in [0.2, 0.25) is 0 Å². The molecule has 7 rings (SSSR count). The summed E-state index contributed by atoms with van der Waals surface area (Å²) in [5.74, 6) is 0. The van der Waals surface area contributed by atoms with Gasteiger partial charge in [-0.15, -0.1) is 68.0 Å². The fraction of sp³-hybridized carbons (Fsp3) is 0. The molecule has 12 bridgehead atoms. The van der Waals surface area contributed by atoms with Gasteiger partial charge in [-0.05, 0) is 97.1 Å². The number of rotatable bonds is 0. The van der Waals surface area contributed by atoms with Crippen LogP contribution in [0.2, 0.25) is 0 Å². The second-order valence-electron chi connectivity index (χ2n) is 7.80. The number of hydrogen-bond donors (Lipinski definition) is 0. The maximum absolute atomic E-state index is 2.26. The van der Waals surface area contributed by atoms with Gasteiger partial charge >= 0.3 is 0 Å². The van der Waals surface area contributed by atoms with Gasteiger partial charge in [0, 0.05) is 58.5 Å². The van der Waals surface area contributed by atoms with Gasteiger partial charge < -0.3 is 0 Å². The van der Waals surface area contributed by atoms with E-state index in [9.17, 15) is 0 Å². The topological polar surface area (TPSA) is 0 Å². The first kappa shape index (κ1) is 21.0. The summed E-state index contributed by atoms with van der Waals surface area (Å²) in [6.45, 7) is 0. The molecular weight excluding hydrogens is 529 g/mol. The molecule has 0 aliphatic carbocycles. The zero-order valence-electron chi connectivity index (χ0n) is 17.7. The van der Waals surface area contributed by atoms with Crippen molar-refractivity contribution in [3.8, 4) is 39.0 Å². The summed E-state index contributed by atoms with van der Waals surface area (Å²) in [7, 11) is 0. The van der Waals surface area contributed by atoms with E-state index in [1.165, 1.54) is 58.5 Å². The largest absolute Gasteiger partial charge is 0.135 e. The van der Waals surface area contributed by atoms with Crippen molar-refractivity contribution in [3.63, 3.8) is 0 Å². The van der Waals surface area contributed by atoms with Gasteiger partial charge in [-0.25, -0.2) is 0 Å².